The summed E-state index contributed by atoms with van der Waals surface area (Å²) in [4.78, 5) is 4.21. The highest BCUT2D eigenvalue weighted by molar-refractivity contribution is 8.26. The van der Waals surface area contributed by atoms with Gasteiger partial charge in [-0.1, -0.05) is 96.7 Å². The number of pyridine rings is 1. The molecule has 5 heteroatoms. The number of hydrogen-bond donors (Lipinski definition) is 0. The van der Waals surface area contributed by atoms with Crippen molar-refractivity contribution < 1.29 is 9.47 Å². The Labute approximate surface area is 237 Å². The number of aromatic nitrogens is 1. The summed E-state index contributed by atoms with van der Waals surface area (Å²) in [5.41, 5.74) is 6.31. The zero-order valence-electron chi connectivity index (χ0n) is 21.3. The van der Waals surface area contributed by atoms with Crippen LogP contribution in [0.2, 0.25) is 0 Å². The zero-order chi connectivity index (χ0) is 26.7. The topological polar surface area (TPSA) is 31.4 Å². The first-order valence-corrected chi connectivity index (χ1v) is 15.9. The fourth-order valence-corrected chi connectivity index (χ4v) is 10.3. The van der Waals surface area contributed by atoms with Crippen LogP contribution in [-0.4, -0.2) is 4.98 Å². The molecule has 0 unspecified atom stereocenters. The Balaban J connectivity index is 1.46. The van der Waals surface area contributed by atoms with Crippen LogP contribution < -0.4 is 25.4 Å². The van der Waals surface area contributed by atoms with Gasteiger partial charge in [-0.3, -0.25) is 4.98 Å². The van der Waals surface area contributed by atoms with Crippen LogP contribution in [0.4, 0.5) is 0 Å². The van der Waals surface area contributed by atoms with Gasteiger partial charge in [0.2, 0.25) is 0 Å². The van der Waals surface area contributed by atoms with Crippen LogP contribution in [-0.2, 0) is 11.8 Å². The molecule has 0 N–H and O–H groups in total. The van der Waals surface area contributed by atoms with E-state index in [0.717, 1.165) is 72.3 Å². The largest absolute Gasteiger partial charge is 0.455 e. The van der Waals surface area contributed by atoms with Crippen molar-refractivity contribution in [1.82, 2.24) is 4.98 Å². The van der Waals surface area contributed by atoms with E-state index in [9.17, 15) is 0 Å². The van der Waals surface area contributed by atoms with Crippen molar-refractivity contribution >= 4 is 33.8 Å². The second kappa shape index (κ2) is 9.02. The van der Waals surface area contributed by atoms with Crippen molar-refractivity contribution in [1.29, 1.82) is 0 Å². The molecule has 190 valence electrons. The number of para-hydroxylation sites is 2. The number of fused-ring (bicyclic) bond motifs is 4. The number of ether oxygens (including phenoxy) is 2. The molecule has 0 fully saturated rings. The Kier molecular flexibility index (Phi) is 5.28. The molecule has 40 heavy (non-hydrogen) atoms. The van der Waals surface area contributed by atoms with Gasteiger partial charge in [-0.05, 0) is 58.7 Å². The lowest BCUT2D eigenvalue weighted by Gasteiger charge is -2.39. The minimum atomic E-state index is -2.55. The minimum absolute atomic E-state index is 0.763. The van der Waals surface area contributed by atoms with Crippen molar-refractivity contribution in [3.8, 4) is 56.4 Å². The lowest BCUT2D eigenvalue weighted by molar-refractivity contribution is 0.468. The Hall–Kier alpha value is -4.50. The van der Waals surface area contributed by atoms with Crippen LogP contribution >= 0.6 is 6.04 Å². The predicted octanol–water partition coefficient (Wildman–Crippen LogP) is 8.05. The summed E-state index contributed by atoms with van der Waals surface area (Å²) in [5, 5.41) is 3.10. The average molecular weight is 552 g/mol. The molecule has 0 aliphatic carbocycles. The monoisotopic (exact) mass is 551 g/mol. The molecule has 2 aliphatic rings. The van der Waals surface area contributed by atoms with E-state index in [1.54, 1.807) is 12.4 Å². The lowest BCUT2D eigenvalue weighted by atomic mass is 10.0. The molecule has 0 amide bonds. The van der Waals surface area contributed by atoms with Gasteiger partial charge in [0.1, 0.15) is 23.0 Å². The molecule has 5 aromatic carbocycles. The second-order valence-corrected chi connectivity index (χ2v) is 14.2. The minimum Gasteiger partial charge on any atom is -0.455 e. The van der Waals surface area contributed by atoms with E-state index in [1.807, 2.05) is 24.3 Å². The Bertz CT molecular complexity index is 1860. The zero-order valence-corrected chi connectivity index (χ0v) is 23.0. The number of rotatable bonds is 3. The summed E-state index contributed by atoms with van der Waals surface area (Å²) in [7, 11) is 0. The van der Waals surface area contributed by atoms with Gasteiger partial charge in [0, 0.05) is 34.1 Å². The SMILES string of the molecule is S=P12c3cccc(-c4ccccc4)c3Oc3cc(-c4ccncc4)cc(c31)Oc1c(-c3ccccc3)cccc12. The van der Waals surface area contributed by atoms with E-state index in [-0.39, 0.29) is 0 Å². The molecule has 0 atom stereocenters. The van der Waals surface area contributed by atoms with Gasteiger partial charge in [0.05, 0.1) is 11.3 Å². The highest BCUT2D eigenvalue weighted by Crippen LogP contribution is 2.61. The van der Waals surface area contributed by atoms with Crippen LogP contribution in [0.25, 0.3) is 33.4 Å². The molecule has 6 aromatic rings. The molecule has 8 rings (SSSR count). The van der Waals surface area contributed by atoms with E-state index in [0.29, 0.717) is 0 Å². The summed E-state index contributed by atoms with van der Waals surface area (Å²) < 4.78 is 13.7. The quantitative estimate of drug-likeness (QED) is 0.208. The van der Waals surface area contributed by atoms with Crippen molar-refractivity contribution in [2.24, 2.45) is 0 Å². The fraction of sp³-hybridized carbons (Fsp3) is 0. The van der Waals surface area contributed by atoms with Gasteiger partial charge >= 0.3 is 0 Å². The fourth-order valence-electron chi connectivity index (χ4n) is 5.80. The van der Waals surface area contributed by atoms with E-state index < -0.39 is 6.04 Å². The molecular weight excluding hydrogens is 529 g/mol. The maximum atomic E-state index is 6.88. The number of nitrogens with zero attached hydrogens (tertiary/aromatic N) is 1. The molecule has 1 aromatic heterocycles. The first-order valence-electron chi connectivity index (χ1n) is 13.1. The Morgan fingerprint density at radius 2 is 1.00 bits per heavy atom. The molecular formula is C35H22NO2PS. The van der Waals surface area contributed by atoms with E-state index in [2.05, 4.69) is 102 Å². The van der Waals surface area contributed by atoms with Gasteiger partial charge in [0.15, 0.2) is 0 Å². The first kappa shape index (κ1) is 23.4. The molecule has 0 saturated heterocycles. The molecule has 3 nitrogen and oxygen atoms in total. The standard InChI is InChI=1S/C35H22NO2PS/c40-39-31-15-7-13-27(24-9-3-1-4-10-24)33(31)37-29-21-26(23-17-19-36-20-18-23)22-30(35(29)39)38-34-28(14-8-16-32(34)39)25-11-5-2-6-12-25/h1-22H. The normalized spacial score (nSPS) is 13.7. The van der Waals surface area contributed by atoms with Crippen LogP contribution in [0.3, 0.4) is 0 Å². The van der Waals surface area contributed by atoms with Gasteiger partial charge in [0.25, 0.3) is 0 Å². The third-order valence-electron chi connectivity index (χ3n) is 7.63. The summed E-state index contributed by atoms with van der Waals surface area (Å²) in [6, 6.07) is 39.2. The van der Waals surface area contributed by atoms with Crippen molar-refractivity contribution in [3.05, 3.63) is 134 Å². The molecule has 0 spiro atoms. The molecule has 0 radical (unpaired) electrons. The highest BCUT2D eigenvalue weighted by Gasteiger charge is 2.44. The third-order valence-corrected chi connectivity index (χ3v) is 12.5. The smallest absolute Gasteiger partial charge is 0.144 e. The van der Waals surface area contributed by atoms with Crippen molar-refractivity contribution in [3.63, 3.8) is 0 Å². The predicted molar refractivity (Wildman–Crippen MR) is 167 cm³/mol. The van der Waals surface area contributed by atoms with Crippen molar-refractivity contribution in [2.45, 2.75) is 0 Å². The van der Waals surface area contributed by atoms with Gasteiger partial charge in [-0.2, -0.15) is 0 Å². The Morgan fingerprint density at radius 1 is 0.500 bits per heavy atom. The van der Waals surface area contributed by atoms with Crippen LogP contribution in [0.15, 0.2) is 134 Å². The van der Waals surface area contributed by atoms with Gasteiger partial charge in [-0.25, -0.2) is 0 Å². The van der Waals surface area contributed by atoms with E-state index in [4.69, 9.17) is 21.3 Å². The molecule has 3 heterocycles. The summed E-state index contributed by atoms with van der Waals surface area (Å²) in [5.74, 6) is 3.19. The van der Waals surface area contributed by atoms with Crippen LogP contribution in [0.5, 0.6) is 23.0 Å². The lowest BCUT2D eigenvalue weighted by Crippen LogP contribution is -2.35. The van der Waals surface area contributed by atoms with Crippen molar-refractivity contribution in [2.75, 3.05) is 0 Å². The Morgan fingerprint density at radius 3 is 1.50 bits per heavy atom. The molecule has 0 bridgehead atoms. The number of hydrogen-bond acceptors (Lipinski definition) is 4. The second-order valence-electron chi connectivity index (χ2n) is 9.91. The third kappa shape index (κ3) is 3.43. The molecule has 0 saturated carbocycles. The van der Waals surface area contributed by atoms with Gasteiger partial charge < -0.3 is 9.47 Å². The van der Waals surface area contributed by atoms with E-state index in [1.165, 1.54) is 0 Å². The first-order chi connectivity index (χ1) is 19.7. The number of benzene rings is 5. The average Bonchev–Trinajstić information content (AvgIpc) is 3.02. The summed E-state index contributed by atoms with van der Waals surface area (Å²) in [6.07, 6.45) is 3.61. The molecule has 2 aliphatic heterocycles. The van der Waals surface area contributed by atoms with Crippen LogP contribution in [0, 0.1) is 0 Å². The highest BCUT2D eigenvalue weighted by atomic mass is 32.4. The maximum Gasteiger partial charge on any atom is 0.144 e. The summed E-state index contributed by atoms with van der Waals surface area (Å²) >= 11 is 6.88. The summed E-state index contributed by atoms with van der Waals surface area (Å²) in [6.45, 7) is 0. The van der Waals surface area contributed by atoms with Gasteiger partial charge in [-0.15, -0.1) is 0 Å². The van der Waals surface area contributed by atoms with E-state index >= 15 is 0 Å². The maximum absolute atomic E-state index is 6.88. The van der Waals surface area contributed by atoms with Crippen LogP contribution in [0.1, 0.15) is 0 Å².